The minimum absolute atomic E-state index is 0.142. The Morgan fingerprint density at radius 2 is 1.76 bits per heavy atom. The van der Waals surface area contributed by atoms with Crippen LogP contribution in [0.5, 0.6) is 5.75 Å². The third-order valence-electron chi connectivity index (χ3n) is 3.60. The molecule has 1 N–H and O–H groups in total. The molecule has 2 aromatic rings. The number of hydrogen-bond acceptors (Lipinski definition) is 3. The molecule has 0 radical (unpaired) electrons. The number of nitrogens with one attached hydrogen (secondary N) is 1. The average Bonchev–Trinajstić information content (AvgIpc) is 2.47. The fourth-order valence-electron chi connectivity index (χ4n) is 2.61. The normalized spacial score (nSPS) is 11.8. The summed E-state index contributed by atoms with van der Waals surface area (Å²) in [4.78, 5) is 0. The zero-order chi connectivity index (χ0) is 15.3. The van der Waals surface area contributed by atoms with Gasteiger partial charge in [-0.25, -0.2) is 0 Å². The summed E-state index contributed by atoms with van der Waals surface area (Å²) in [5.74, 6) is 0.920. The Labute approximate surface area is 127 Å². The zero-order valence-corrected chi connectivity index (χ0v) is 13.4. The van der Waals surface area contributed by atoms with Crippen LogP contribution in [0.25, 0.3) is 10.8 Å². The summed E-state index contributed by atoms with van der Waals surface area (Å²) in [5.41, 5.74) is 1.13. The molecular weight excluding hydrogens is 262 g/mol. The molecule has 0 aromatic heterocycles. The van der Waals surface area contributed by atoms with Gasteiger partial charge in [0.2, 0.25) is 0 Å². The SMILES string of the molecule is CCOC(C)(C)CNCc1ccc(OC)c2ccccc12. The van der Waals surface area contributed by atoms with Gasteiger partial charge in [0, 0.05) is 25.1 Å². The highest BCUT2D eigenvalue weighted by molar-refractivity contribution is 5.91. The van der Waals surface area contributed by atoms with Crippen molar-refractivity contribution in [3.8, 4) is 5.75 Å². The van der Waals surface area contributed by atoms with Gasteiger partial charge in [0.25, 0.3) is 0 Å². The summed E-state index contributed by atoms with van der Waals surface area (Å²) in [6.07, 6.45) is 0. The maximum atomic E-state index is 5.71. The minimum atomic E-state index is -0.142. The molecule has 0 saturated heterocycles. The van der Waals surface area contributed by atoms with Crippen LogP contribution in [0.15, 0.2) is 36.4 Å². The molecule has 0 aliphatic rings. The van der Waals surface area contributed by atoms with Gasteiger partial charge in [-0.3, -0.25) is 0 Å². The Bertz CT molecular complexity index is 593. The maximum Gasteiger partial charge on any atom is 0.126 e. The van der Waals surface area contributed by atoms with Crippen LogP contribution in [0.1, 0.15) is 26.3 Å². The second kappa shape index (κ2) is 6.92. The first-order valence-corrected chi connectivity index (χ1v) is 7.46. The lowest BCUT2D eigenvalue weighted by molar-refractivity contribution is -0.00896. The van der Waals surface area contributed by atoms with Crippen molar-refractivity contribution >= 4 is 10.8 Å². The second-order valence-electron chi connectivity index (χ2n) is 5.77. The van der Waals surface area contributed by atoms with Crippen molar-refractivity contribution in [1.29, 1.82) is 0 Å². The number of benzene rings is 2. The van der Waals surface area contributed by atoms with Crippen molar-refractivity contribution in [2.24, 2.45) is 0 Å². The summed E-state index contributed by atoms with van der Waals surface area (Å²) in [6.45, 7) is 8.62. The van der Waals surface area contributed by atoms with Gasteiger partial charge in [0.05, 0.1) is 12.7 Å². The molecule has 114 valence electrons. The molecule has 0 fully saturated rings. The van der Waals surface area contributed by atoms with Crippen molar-refractivity contribution in [3.05, 3.63) is 42.0 Å². The van der Waals surface area contributed by atoms with Crippen LogP contribution in [0.3, 0.4) is 0 Å². The lowest BCUT2D eigenvalue weighted by atomic mass is 10.0. The van der Waals surface area contributed by atoms with Gasteiger partial charge < -0.3 is 14.8 Å². The van der Waals surface area contributed by atoms with Crippen LogP contribution in [0, 0.1) is 0 Å². The van der Waals surface area contributed by atoms with E-state index in [1.54, 1.807) is 7.11 Å². The highest BCUT2D eigenvalue weighted by atomic mass is 16.5. The van der Waals surface area contributed by atoms with E-state index >= 15 is 0 Å². The molecule has 3 nitrogen and oxygen atoms in total. The van der Waals surface area contributed by atoms with E-state index < -0.39 is 0 Å². The quantitative estimate of drug-likeness (QED) is 0.841. The molecule has 0 atom stereocenters. The van der Waals surface area contributed by atoms with Crippen LogP contribution in [0.4, 0.5) is 0 Å². The Morgan fingerprint density at radius 1 is 1.05 bits per heavy atom. The van der Waals surface area contributed by atoms with Gasteiger partial charge in [-0.15, -0.1) is 0 Å². The summed E-state index contributed by atoms with van der Waals surface area (Å²) in [7, 11) is 1.71. The zero-order valence-electron chi connectivity index (χ0n) is 13.4. The lowest BCUT2D eigenvalue weighted by Gasteiger charge is -2.25. The van der Waals surface area contributed by atoms with E-state index in [1.807, 2.05) is 19.1 Å². The van der Waals surface area contributed by atoms with E-state index in [0.717, 1.165) is 30.8 Å². The lowest BCUT2D eigenvalue weighted by Crippen LogP contribution is -2.37. The van der Waals surface area contributed by atoms with Gasteiger partial charge in [0.1, 0.15) is 5.75 Å². The van der Waals surface area contributed by atoms with E-state index in [2.05, 4.69) is 43.4 Å². The largest absolute Gasteiger partial charge is 0.496 e. The van der Waals surface area contributed by atoms with E-state index in [-0.39, 0.29) is 5.60 Å². The predicted octanol–water partition coefficient (Wildman–Crippen LogP) is 3.75. The van der Waals surface area contributed by atoms with Gasteiger partial charge in [-0.05, 0) is 37.8 Å². The Kier molecular flexibility index (Phi) is 5.21. The fourth-order valence-corrected chi connectivity index (χ4v) is 2.61. The molecule has 0 heterocycles. The minimum Gasteiger partial charge on any atom is -0.496 e. The van der Waals surface area contributed by atoms with Crippen molar-refractivity contribution in [3.63, 3.8) is 0 Å². The molecule has 0 amide bonds. The number of methoxy groups -OCH3 is 1. The molecule has 0 aliphatic heterocycles. The highest BCUT2D eigenvalue weighted by Gasteiger charge is 2.16. The van der Waals surface area contributed by atoms with Crippen molar-refractivity contribution in [2.75, 3.05) is 20.3 Å². The Balaban J connectivity index is 2.13. The second-order valence-corrected chi connectivity index (χ2v) is 5.77. The summed E-state index contributed by atoms with van der Waals surface area (Å²) >= 11 is 0. The van der Waals surface area contributed by atoms with Crippen LogP contribution in [-0.2, 0) is 11.3 Å². The van der Waals surface area contributed by atoms with E-state index in [1.165, 1.54) is 10.9 Å². The first kappa shape index (κ1) is 15.8. The van der Waals surface area contributed by atoms with Gasteiger partial charge >= 0.3 is 0 Å². The molecule has 0 aliphatic carbocycles. The van der Waals surface area contributed by atoms with E-state index in [0.29, 0.717) is 0 Å². The molecular formula is C18H25NO2. The van der Waals surface area contributed by atoms with Crippen molar-refractivity contribution in [1.82, 2.24) is 5.32 Å². The van der Waals surface area contributed by atoms with Crippen molar-refractivity contribution in [2.45, 2.75) is 32.9 Å². The van der Waals surface area contributed by atoms with Gasteiger partial charge in [0.15, 0.2) is 0 Å². The van der Waals surface area contributed by atoms with Gasteiger partial charge in [-0.1, -0.05) is 30.3 Å². The maximum absolute atomic E-state index is 5.71. The monoisotopic (exact) mass is 287 g/mol. The third-order valence-corrected chi connectivity index (χ3v) is 3.60. The number of hydrogen-bond donors (Lipinski definition) is 1. The number of fused-ring (bicyclic) bond motifs is 1. The van der Waals surface area contributed by atoms with Crippen LogP contribution in [0.2, 0.25) is 0 Å². The highest BCUT2D eigenvalue weighted by Crippen LogP contribution is 2.28. The summed E-state index contributed by atoms with van der Waals surface area (Å²) < 4.78 is 11.1. The molecule has 2 aromatic carbocycles. The van der Waals surface area contributed by atoms with Crippen LogP contribution < -0.4 is 10.1 Å². The molecule has 21 heavy (non-hydrogen) atoms. The van der Waals surface area contributed by atoms with Crippen LogP contribution >= 0.6 is 0 Å². The van der Waals surface area contributed by atoms with E-state index in [4.69, 9.17) is 9.47 Å². The molecule has 0 spiro atoms. The van der Waals surface area contributed by atoms with Crippen molar-refractivity contribution < 1.29 is 9.47 Å². The Hall–Kier alpha value is -1.58. The van der Waals surface area contributed by atoms with E-state index in [9.17, 15) is 0 Å². The number of rotatable bonds is 7. The predicted molar refractivity (Wildman–Crippen MR) is 87.9 cm³/mol. The standard InChI is InChI=1S/C18H25NO2/c1-5-21-18(2,3)13-19-12-14-10-11-17(20-4)16-9-7-6-8-15(14)16/h6-11,19H,5,12-13H2,1-4H3. The Morgan fingerprint density at radius 3 is 2.43 bits per heavy atom. The molecule has 0 unspecified atom stereocenters. The third kappa shape index (κ3) is 3.96. The molecule has 2 rings (SSSR count). The molecule has 0 saturated carbocycles. The summed E-state index contributed by atoms with van der Waals surface area (Å²) in [6, 6.07) is 12.5. The van der Waals surface area contributed by atoms with Crippen LogP contribution in [-0.4, -0.2) is 25.9 Å². The first-order chi connectivity index (χ1) is 10.1. The summed E-state index contributed by atoms with van der Waals surface area (Å²) in [5, 5.41) is 5.88. The first-order valence-electron chi connectivity index (χ1n) is 7.46. The topological polar surface area (TPSA) is 30.5 Å². The molecule has 0 bridgehead atoms. The smallest absolute Gasteiger partial charge is 0.126 e. The number of ether oxygens (including phenoxy) is 2. The fraction of sp³-hybridized carbons (Fsp3) is 0.444. The molecule has 3 heteroatoms. The van der Waals surface area contributed by atoms with Gasteiger partial charge in [-0.2, -0.15) is 0 Å². The average molecular weight is 287 g/mol.